The lowest BCUT2D eigenvalue weighted by Gasteiger charge is -2.14. The predicted molar refractivity (Wildman–Crippen MR) is 49.8 cm³/mol. The van der Waals surface area contributed by atoms with Gasteiger partial charge in [0, 0.05) is 24.4 Å². The summed E-state index contributed by atoms with van der Waals surface area (Å²) in [7, 11) is 0. The lowest BCUT2D eigenvalue weighted by atomic mass is 9.95. The second-order valence-corrected chi connectivity index (χ2v) is 3.57. The molecule has 0 aliphatic rings. The fraction of sp³-hybridized carbons (Fsp3) is 0.667. The molecule has 3 nitrogen and oxygen atoms in total. The highest BCUT2D eigenvalue weighted by Gasteiger charge is 2.12. The quantitative estimate of drug-likeness (QED) is 0.714. The lowest BCUT2D eigenvalue weighted by Crippen LogP contribution is -2.14. The standard InChI is InChI=1S/C9H17N3/c1-7(2)3-8(4-10)9-5-11-6-12-9/h5-8H,3-4,10H2,1-2H3,(H,11,12). The van der Waals surface area contributed by atoms with E-state index in [4.69, 9.17) is 5.73 Å². The van der Waals surface area contributed by atoms with Gasteiger partial charge in [0.15, 0.2) is 0 Å². The average Bonchev–Trinajstić information content (AvgIpc) is 2.51. The number of rotatable bonds is 4. The van der Waals surface area contributed by atoms with E-state index in [9.17, 15) is 0 Å². The fourth-order valence-corrected chi connectivity index (χ4v) is 1.41. The molecule has 0 aliphatic heterocycles. The molecule has 68 valence electrons. The normalized spacial score (nSPS) is 13.7. The largest absolute Gasteiger partial charge is 0.348 e. The molecule has 3 N–H and O–H groups in total. The highest BCUT2D eigenvalue weighted by molar-refractivity contribution is 5.03. The second kappa shape index (κ2) is 4.26. The summed E-state index contributed by atoms with van der Waals surface area (Å²) >= 11 is 0. The van der Waals surface area contributed by atoms with E-state index in [0.717, 1.165) is 12.1 Å². The summed E-state index contributed by atoms with van der Waals surface area (Å²) in [6, 6.07) is 0. The Bertz CT molecular complexity index is 204. The number of aromatic nitrogens is 2. The van der Waals surface area contributed by atoms with Crippen LogP contribution in [-0.2, 0) is 0 Å². The van der Waals surface area contributed by atoms with Gasteiger partial charge >= 0.3 is 0 Å². The number of nitrogens with two attached hydrogens (primary N) is 1. The molecule has 0 radical (unpaired) electrons. The van der Waals surface area contributed by atoms with Crippen LogP contribution in [0.25, 0.3) is 0 Å². The number of hydrogen-bond acceptors (Lipinski definition) is 2. The number of H-pyrrole nitrogens is 1. The Morgan fingerprint density at radius 2 is 2.33 bits per heavy atom. The average molecular weight is 167 g/mol. The van der Waals surface area contributed by atoms with E-state index in [1.54, 1.807) is 6.33 Å². The maximum atomic E-state index is 5.66. The number of hydrogen-bond donors (Lipinski definition) is 2. The van der Waals surface area contributed by atoms with Crippen LogP contribution in [0.5, 0.6) is 0 Å². The predicted octanol–water partition coefficient (Wildman–Crippen LogP) is 1.50. The minimum atomic E-state index is 0.437. The van der Waals surface area contributed by atoms with Crippen LogP contribution in [0.4, 0.5) is 0 Å². The van der Waals surface area contributed by atoms with Crippen LogP contribution in [0.2, 0.25) is 0 Å². The highest BCUT2D eigenvalue weighted by Crippen LogP contribution is 2.19. The first-order valence-corrected chi connectivity index (χ1v) is 4.42. The summed E-state index contributed by atoms with van der Waals surface area (Å²) in [6.07, 6.45) is 4.69. The number of nitrogens with one attached hydrogen (secondary N) is 1. The van der Waals surface area contributed by atoms with Crippen molar-refractivity contribution in [1.29, 1.82) is 0 Å². The van der Waals surface area contributed by atoms with Crippen molar-refractivity contribution in [2.24, 2.45) is 11.7 Å². The first kappa shape index (κ1) is 9.26. The molecule has 12 heavy (non-hydrogen) atoms. The molecule has 0 spiro atoms. The summed E-state index contributed by atoms with van der Waals surface area (Å²) < 4.78 is 0. The van der Waals surface area contributed by atoms with E-state index in [1.807, 2.05) is 6.20 Å². The third-order valence-corrected chi connectivity index (χ3v) is 2.00. The fourth-order valence-electron chi connectivity index (χ4n) is 1.41. The van der Waals surface area contributed by atoms with E-state index < -0.39 is 0 Å². The van der Waals surface area contributed by atoms with E-state index >= 15 is 0 Å². The van der Waals surface area contributed by atoms with Crippen molar-refractivity contribution in [3.63, 3.8) is 0 Å². The Balaban J connectivity index is 2.57. The van der Waals surface area contributed by atoms with Gasteiger partial charge in [0.2, 0.25) is 0 Å². The van der Waals surface area contributed by atoms with Gasteiger partial charge < -0.3 is 10.7 Å². The van der Waals surface area contributed by atoms with Gasteiger partial charge in [0.25, 0.3) is 0 Å². The van der Waals surface area contributed by atoms with E-state index in [0.29, 0.717) is 18.4 Å². The molecule has 1 heterocycles. The number of imidazole rings is 1. The monoisotopic (exact) mass is 167 g/mol. The third-order valence-electron chi connectivity index (χ3n) is 2.00. The van der Waals surface area contributed by atoms with Gasteiger partial charge in [0.1, 0.15) is 0 Å². The van der Waals surface area contributed by atoms with Gasteiger partial charge in [-0.1, -0.05) is 13.8 Å². The second-order valence-electron chi connectivity index (χ2n) is 3.57. The van der Waals surface area contributed by atoms with Gasteiger partial charge in [-0.3, -0.25) is 0 Å². The highest BCUT2D eigenvalue weighted by atomic mass is 14.9. The Morgan fingerprint density at radius 1 is 1.58 bits per heavy atom. The van der Waals surface area contributed by atoms with Gasteiger partial charge in [-0.05, 0) is 12.3 Å². The molecule has 1 atom stereocenters. The molecule has 0 aromatic carbocycles. The smallest absolute Gasteiger partial charge is 0.0921 e. The molecule has 1 rings (SSSR count). The van der Waals surface area contributed by atoms with Crippen LogP contribution in [0, 0.1) is 5.92 Å². The molecular formula is C9H17N3. The molecular weight excluding hydrogens is 150 g/mol. The number of aromatic amines is 1. The van der Waals surface area contributed by atoms with Crippen molar-refractivity contribution >= 4 is 0 Å². The van der Waals surface area contributed by atoms with Gasteiger partial charge in [-0.25, -0.2) is 4.98 Å². The molecule has 1 unspecified atom stereocenters. The van der Waals surface area contributed by atoms with Crippen molar-refractivity contribution in [1.82, 2.24) is 9.97 Å². The van der Waals surface area contributed by atoms with E-state index in [2.05, 4.69) is 23.8 Å². The molecule has 0 bridgehead atoms. The summed E-state index contributed by atoms with van der Waals surface area (Å²) in [5, 5.41) is 0. The minimum Gasteiger partial charge on any atom is -0.348 e. The van der Waals surface area contributed by atoms with Crippen molar-refractivity contribution in [2.45, 2.75) is 26.2 Å². The van der Waals surface area contributed by atoms with Crippen LogP contribution >= 0.6 is 0 Å². The van der Waals surface area contributed by atoms with Crippen LogP contribution < -0.4 is 5.73 Å². The first-order valence-electron chi connectivity index (χ1n) is 4.42. The SMILES string of the molecule is CC(C)CC(CN)c1cnc[nH]1. The van der Waals surface area contributed by atoms with Crippen molar-refractivity contribution < 1.29 is 0 Å². The molecule has 0 amide bonds. The Hall–Kier alpha value is -0.830. The molecule has 1 aromatic heterocycles. The number of nitrogens with zero attached hydrogens (tertiary/aromatic N) is 1. The van der Waals surface area contributed by atoms with E-state index in [1.165, 1.54) is 0 Å². The summed E-state index contributed by atoms with van der Waals surface area (Å²) in [5.74, 6) is 1.12. The topological polar surface area (TPSA) is 54.7 Å². The molecule has 3 heteroatoms. The molecule has 0 aliphatic carbocycles. The zero-order chi connectivity index (χ0) is 8.97. The maximum absolute atomic E-state index is 5.66. The lowest BCUT2D eigenvalue weighted by molar-refractivity contribution is 0.498. The van der Waals surface area contributed by atoms with Gasteiger partial charge in [-0.15, -0.1) is 0 Å². The Labute approximate surface area is 73.4 Å². The van der Waals surface area contributed by atoms with Crippen LogP contribution in [-0.4, -0.2) is 16.5 Å². The maximum Gasteiger partial charge on any atom is 0.0921 e. The van der Waals surface area contributed by atoms with Gasteiger partial charge in [0.05, 0.1) is 6.33 Å². The molecule has 0 saturated heterocycles. The van der Waals surface area contributed by atoms with Crippen molar-refractivity contribution in [3.8, 4) is 0 Å². The zero-order valence-electron chi connectivity index (χ0n) is 7.75. The zero-order valence-corrected chi connectivity index (χ0v) is 7.75. The first-order chi connectivity index (χ1) is 5.74. The van der Waals surface area contributed by atoms with Crippen molar-refractivity contribution in [3.05, 3.63) is 18.2 Å². The minimum absolute atomic E-state index is 0.437. The van der Waals surface area contributed by atoms with Crippen LogP contribution in [0.3, 0.4) is 0 Å². The third kappa shape index (κ3) is 2.34. The van der Waals surface area contributed by atoms with Crippen LogP contribution in [0.15, 0.2) is 12.5 Å². The summed E-state index contributed by atoms with van der Waals surface area (Å²) in [4.78, 5) is 7.09. The van der Waals surface area contributed by atoms with Gasteiger partial charge in [-0.2, -0.15) is 0 Å². The van der Waals surface area contributed by atoms with Crippen LogP contribution in [0.1, 0.15) is 31.9 Å². The Kier molecular flexibility index (Phi) is 3.29. The van der Waals surface area contributed by atoms with Crippen molar-refractivity contribution in [2.75, 3.05) is 6.54 Å². The molecule has 1 aromatic rings. The van der Waals surface area contributed by atoms with E-state index in [-0.39, 0.29) is 0 Å². The summed E-state index contributed by atoms with van der Waals surface area (Å²) in [5.41, 5.74) is 6.82. The molecule has 0 saturated carbocycles. The Morgan fingerprint density at radius 3 is 2.75 bits per heavy atom. The summed E-state index contributed by atoms with van der Waals surface area (Å²) in [6.45, 7) is 5.11. The molecule has 0 fully saturated rings.